The summed E-state index contributed by atoms with van der Waals surface area (Å²) in [6.45, 7) is 4.14. The predicted molar refractivity (Wildman–Crippen MR) is 86.8 cm³/mol. The zero-order chi connectivity index (χ0) is 15.2. The molecule has 0 heterocycles. The molecule has 3 heteroatoms. The highest BCUT2D eigenvalue weighted by molar-refractivity contribution is 5.95. The van der Waals surface area contributed by atoms with Gasteiger partial charge < -0.3 is 0 Å². The van der Waals surface area contributed by atoms with Gasteiger partial charge in [0.1, 0.15) is 0 Å². The molecule has 1 unspecified atom stereocenters. The second-order valence-electron chi connectivity index (χ2n) is 6.28. The van der Waals surface area contributed by atoms with Crippen molar-refractivity contribution < 1.29 is 4.79 Å². The second-order valence-corrected chi connectivity index (χ2v) is 6.28. The number of hydrazine groups is 1. The van der Waals surface area contributed by atoms with Gasteiger partial charge in [-0.2, -0.15) is 0 Å². The highest BCUT2D eigenvalue weighted by Crippen LogP contribution is 2.31. The summed E-state index contributed by atoms with van der Waals surface area (Å²) in [5.74, 6) is 6.80. The van der Waals surface area contributed by atoms with Gasteiger partial charge in [0.05, 0.1) is 6.04 Å². The fourth-order valence-corrected chi connectivity index (χ4v) is 3.52. The predicted octanol–water partition coefficient (Wildman–Crippen LogP) is 4.06. The summed E-state index contributed by atoms with van der Waals surface area (Å²) in [5, 5.41) is 1.53. The zero-order valence-electron chi connectivity index (χ0n) is 13.3. The highest BCUT2D eigenvalue weighted by Gasteiger charge is 2.30. The maximum absolute atomic E-state index is 12.7. The molecule has 0 aliphatic heterocycles. The van der Waals surface area contributed by atoms with Crippen LogP contribution in [0.5, 0.6) is 0 Å². The van der Waals surface area contributed by atoms with E-state index in [0.717, 1.165) is 24.0 Å². The van der Waals surface area contributed by atoms with Gasteiger partial charge in [0.2, 0.25) is 0 Å². The van der Waals surface area contributed by atoms with E-state index in [4.69, 9.17) is 5.84 Å². The number of rotatable bonds is 5. The molecule has 2 rings (SSSR count). The van der Waals surface area contributed by atoms with Crippen molar-refractivity contribution in [3.8, 4) is 0 Å². The molecule has 1 aromatic carbocycles. The van der Waals surface area contributed by atoms with E-state index in [-0.39, 0.29) is 11.9 Å². The van der Waals surface area contributed by atoms with Gasteiger partial charge >= 0.3 is 0 Å². The van der Waals surface area contributed by atoms with E-state index in [0.29, 0.717) is 5.92 Å². The van der Waals surface area contributed by atoms with Crippen molar-refractivity contribution in [1.82, 2.24) is 5.01 Å². The van der Waals surface area contributed by atoms with Gasteiger partial charge in [0.25, 0.3) is 5.91 Å². The summed E-state index contributed by atoms with van der Waals surface area (Å²) >= 11 is 0. The Kier molecular flexibility index (Phi) is 5.80. The molecule has 0 saturated heterocycles. The van der Waals surface area contributed by atoms with Crippen molar-refractivity contribution >= 4 is 5.91 Å². The number of hydrogen-bond donors (Lipinski definition) is 1. The molecule has 0 bridgehead atoms. The number of amides is 1. The highest BCUT2D eigenvalue weighted by atomic mass is 16.2. The van der Waals surface area contributed by atoms with Crippen LogP contribution < -0.4 is 5.84 Å². The lowest BCUT2D eigenvalue weighted by atomic mass is 9.82. The minimum absolute atomic E-state index is 0.0304. The quantitative estimate of drug-likeness (QED) is 0.504. The van der Waals surface area contributed by atoms with E-state index in [1.165, 1.54) is 37.1 Å². The topological polar surface area (TPSA) is 46.3 Å². The van der Waals surface area contributed by atoms with Crippen LogP contribution in [0.3, 0.4) is 0 Å². The third kappa shape index (κ3) is 3.85. The standard InChI is InChI=1S/C18H28N2O/c1-3-9-17(15-11-5-4-6-12-15)20(19)18(21)16-13-8-7-10-14(16)2/h7-8,10,13,15,17H,3-6,9,11-12,19H2,1-2H3. The van der Waals surface area contributed by atoms with Crippen LogP contribution in [0.2, 0.25) is 0 Å². The number of benzene rings is 1. The number of carbonyl (C=O) groups is 1. The first-order valence-corrected chi connectivity index (χ1v) is 8.29. The number of carbonyl (C=O) groups excluding carboxylic acids is 1. The molecule has 1 fully saturated rings. The summed E-state index contributed by atoms with van der Waals surface area (Å²) in [7, 11) is 0. The lowest BCUT2D eigenvalue weighted by Crippen LogP contribution is -2.49. The summed E-state index contributed by atoms with van der Waals surface area (Å²) in [4.78, 5) is 12.7. The van der Waals surface area contributed by atoms with Crippen molar-refractivity contribution in [2.75, 3.05) is 0 Å². The third-order valence-electron chi connectivity index (χ3n) is 4.75. The molecular weight excluding hydrogens is 260 g/mol. The average Bonchev–Trinajstić information content (AvgIpc) is 2.52. The molecule has 1 aliphatic carbocycles. The smallest absolute Gasteiger partial charge is 0.268 e. The largest absolute Gasteiger partial charge is 0.273 e. The maximum atomic E-state index is 12.7. The summed E-state index contributed by atoms with van der Waals surface area (Å²) in [6, 6.07) is 7.89. The summed E-state index contributed by atoms with van der Waals surface area (Å²) < 4.78 is 0. The minimum Gasteiger partial charge on any atom is -0.273 e. The van der Waals surface area contributed by atoms with E-state index in [2.05, 4.69) is 6.92 Å². The number of nitrogens with zero attached hydrogens (tertiary/aromatic N) is 1. The lowest BCUT2D eigenvalue weighted by molar-refractivity contribution is 0.0547. The molecule has 0 radical (unpaired) electrons. The average molecular weight is 288 g/mol. The Hall–Kier alpha value is -1.35. The molecule has 21 heavy (non-hydrogen) atoms. The van der Waals surface area contributed by atoms with E-state index in [1.54, 1.807) is 0 Å². The Balaban J connectivity index is 2.15. The number of hydrogen-bond acceptors (Lipinski definition) is 2. The first-order valence-electron chi connectivity index (χ1n) is 8.29. The van der Waals surface area contributed by atoms with Gasteiger partial charge in [-0.1, -0.05) is 50.8 Å². The number of nitrogens with two attached hydrogens (primary N) is 1. The van der Waals surface area contributed by atoms with E-state index in [9.17, 15) is 4.79 Å². The Morgan fingerprint density at radius 3 is 2.57 bits per heavy atom. The number of aryl methyl sites for hydroxylation is 1. The first-order chi connectivity index (χ1) is 10.1. The Morgan fingerprint density at radius 2 is 1.95 bits per heavy atom. The normalized spacial score (nSPS) is 17.5. The molecular formula is C18H28N2O. The van der Waals surface area contributed by atoms with Gasteiger partial charge in [-0.05, 0) is 43.7 Å². The monoisotopic (exact) mass is 288 g/mol. The van der Waals surface area contributed by atoms with Gasteiger partial charge in [0.15, 0.2) is 0 Å². The van der Waals surface area contributed by atoms with Gasteiger partial charge in [-0.3, -0.25) is 9.80 Å². The lowest BCUT2D eigenvalue weighted by Gasteiger charge is -2.36. The van der Waals surface area contributed by atoms with Crippen molar-refractivity contribution in [3.63, 3.8) is 0 Å². The molecule has 116 valence electrons. The second kappa shape index (κ2) is 7.60. The SMILES string of the molecule is CCCC(C1CCCCC1)N(N)C(=O)c1ccccc1C. The van der Waals surface area contributed by atoms with E-state index in [1.807, 2.05) is 31.2 Å². The van der Waals surface area contributed by atoms with Crippen molar-refractivity contribution in [3.05, 3.63) is 35.4 Å². The van der Waals surface area contributed by atoms with Crippen LogP contribution in [0.25, 0.3) is 0 Å². The van der Waals surface area contributed by atoms with Crippen LogP contribution >= 0.6 is 0 Å². The molecule has 2 N–H and O–H groups in total. The fourth-order valence-electron chi connectivity index (χ4n) is 3.52. The van der Waals surface area contributed by atoms with Crippen LogP contribution in [0.1, 0.15) is 67.8 Å². The molecule has 1 amide bonds. The summed E-state index contributed by atoms with van der Waals surface area (Å²) in [5.41, 5.74) is 1.73. The molecule has 1 aromatic rings. The Morgan fingerprint density at radius 1 is 1.29 bits per heavy atom. The fraction of sp³-hybridized carbons (Fsp3) is 0.611. The van der Waals surface area contributed by atoms with E-state index < -0.39 is 0 Å². The van der Waals surface area contributed by atoms with Gasteiger partial charge in [-0.25, -0.2) is 5.84 Å². The van der Waals surface area contributed by atoms with Crippen LogP contribution in [-0.4, -0.2) is 17.0 Å². The molecule has 1 aliphatic rings. The Labute approximate surface area is 128 Å². The molecule has 0 spiro atoms. The third-order valence-corrected chi connectivity index (χ3v) is 4.75. The molecule has 0 aromatic heterocycles. The molecule has 1 atom stereocenters. The van der Waals surface area contributed by atoms with Crippen molar-refractivity contribution in [1.29, 1.82) is 0 Å². The van der Waals surface area contributed by atoms with Gasteiger partial charge in [0, 0.05) is 5.56 Å². The van der Waals surface area contributed by atoms with Crippen LogP contribution in [0, 0.1) is 12.8 Å². The maximum Gasteiger partial charge on any atom is 0.268 e. The van der Waals surface area contributed by atoms with Crippen molar-refractivity contribution in [2.45, 2.75) is 64.8 Å². The zero-order valence-corrected chi connectivity index (χ0v) is 13.3. The van der Waals surface area contributed by atoms with E-state index >= 15 is 0 Å². The Bertz CT molecular complexity index is 466. The first kappa shape index (κ1) is 16.0. The molecule has 1 saturated carbocycles. The summed E-state index contributed by atoms with van der Waals surface area (Å²) in [6.07, 6.45) is 8.35. The van der Waals surface area contributed by atoms with Gasteiger partial charge in [-0.15, -0.1) is 0 Å². The minimum atomic E-state index is -0.0304. The molecule has 3 nitrogen and oxygen atoms in total. The van der Waals surface area contributed by atoms with Crippen LogP contribution in [0.15, 0.2) is 24.3 Å². The van der Waals surface area contributed by atoms with Crippen molar-refractivity contribution in [2.24, 2.45) is 11.8 Å². The van der Waals surface area contributed by atoms with Crippen LogP contribution in [0.4, 0.5) is 0 Å². The van der Waals surface area contributed by atoms with Crippen LogP contribution in [-0.2, 0) is 0 Å².